The van der Waals surface area contributed by atoms with Crippen molar-refractivity contribution in [1.29, 1.82) is 0 Å². The quantitative estimate of drug-likeness (QED) is 0.322. The summed E-state index contributed by atoms with van der Waals surface area (Å²) < 4.78 is 5.52. The van der Waals surface area contributed by atoms with E-state index >= 15 is 0 Å². The minimum atomic E-state index is -1.38. The first kappa shape index (κ1) is 19.8. The normalized spacial score (nSPS) is 15.2. The van der Waals surface area contributed by atoms with Crippen LogP contribution in [-0.4, -0.2) is 33.6 Å². The van der Waals surface area contributed by atoms with Gasteiger partial charge in [-0.25, -0.2) is 4.79 Å². The largest absolute Gasteiger partial charge is 0.548 e. The summed E-state index contributed by atoms with van der Waals surface area (Å²) in [5.41, 5.74) is 2.10. The van der Waals surface area contributed by atoms with Gasteiger partial charge < -0.3 is 14.6 Å². The minimum Gasteiger partial charge on any atom is -0.548 e. The lowest BCUT2D eigenvalue weighted by Gasteiger charge is -2.14. The molecule has 1 aliphatic heterocycles. The second-order valence-electron chi connectivity index (χ2n) is 5.97. The Labute approximate surface area is 170 Å². The monoisotopic (exact) mass is 412 g/mol. The molecule has 2 aromatic rings. The molecule has 3 rings (SSSR count). The van der Waals surface area contributed by atoms with Crippen molar-refractivity contribution in [3.63, 3.8) is 0 Å². The second kappa shape index (κ2) is 8.37. The maximum Gasteiger partial charge on any atom is 0.343 e. The van der Waals surface area contributed by atoms with Crippen LogP contribution in [0.5, 0.6) is 5.75 Å². The molecule has 1 fully saturated rings. The highest BCUT2D eigenvalue weighted by molar-refractivity contribution is 8.26. The van der Waals surface area contributed by atoms with Crippen LogP contribution in [0.15, 0.2) is 53.4 Å². The molecule has 0 bridgehead atoms. The van der Waals surface area contributed by atoms with Crippen LogP contribution in [-0.2, 0) is 9.59 Å². The zero-order valence-electron chi connectivity index (χ0n) is 14.7. The fourth-order valence-electron chi connectivity index (χ4n) is 2.49. The molecule has 0 atom stereocenters. The molecule has 142 valence electrons. The summed E-state index contributed by atoms with van der Waals surface area (Å²) in [6.45, 7) is 1.32. The highest BCUT2D eigenvalue weighted by atomic mass is 32.2. The van der Waals surface area contributed by atoms with Gasteiger partial charge in [-0.1, -0.05) is 53.8 Å². The topological polar surface area (TPSA) is 86.7 Å². The SMILES string of the molecule is Cc1cccc(C(=O)Oc2ccc(/C=C3\SC(=S)N(CC(=O)[O-])C3=O)cc2)c1. The fraction of sp³-hybridized carbons (Fsp3) is 0.100. The average Bonchev–Trinajstić information content (AvgIpc) is 2.90. The number of carboxylic acid groups (broad SMARTS) is 1. The number of carboxylic acids is 1. The number of thioether (sulfide) groups is 1. The highest BCUT2D eigenvalue weighted by Crippen LogP contribution is 2.32. The third-order valence-corrected chi connectivity index (χ3v) is 5.18. The van der Waals surface area contributed by atoms with Gasteiger partial charge in [-0.3, -0.25) is 9.69 Å². The van der Waals surface area contributed by atoms with Gasteiger partial charge in [-0.15, -0.1) is 0 Å². The Morgan fingerprint density at radius 2 is 1.93 bits per heavy atom. The average molecular weight is 412 g/mol. The maximum absolute atomic E-state index is 12.2. The molecule has 2 aromatic carbocycles. The van der Waals surface area contributed by atoms with Crippen LogP contribution in [0.2, 0.25) is 0 Å². The van der Waals surface area contributed by atoms with Gasteiger partial charge in [0, 0.05) is 0 Å². The van der Waals surface area contributed by atoms with Gasteiger partial charge in [0.1, 0.15) is 10.1 Å². The van der Waals surface area contributed by atoms with E-state index in [9.17, 15) is 19.5 Å². The lowest BCUT2D eigenvalue weighted by Crippen LogP contribution is -2.40. The smallest absolute Gasteiger partial charge is 0.343 e. The Bertz CT molecular complexity index is 998. The van der Waals surface area contributed by atoms with E-state index in [1.54, 1.807) is 48.5 Å². The van der Waals surface area contributed by atoms with E-state index in [1.165, 1.54) is 0 Å². The molecule has 8 heteroatoms. The van der Waals surface area contributed by atoms with Crippen LogP contribution in [0.3, 0.4) is 0 Å². The molecule has 6 nitrogen and oxygen atoms in total. The fourth-order valence-corrected chi connectivity index (χ4v) is 3.74. The minimum absolute atomic E-state index is 0.171. The lowest BCUT2D eigenvalue weighted by atomic mass is 10.1. The molecule has 1 heterocycles. The Kier molecular flexibility index (Phi) is 5.91. The Morgan fingerprint density at radius 3 is 2.57 bits per heavy atom. The zero-order chi connectivity index (χ0) is 20.3. The van der Waals surface area contributed by atoms with E-state index in [0.29, 0.717) is 21.8 Å². The number of aliphatic carboxylic acids is 1. The number of rotatable bonds is 5. The zero-order valence-corrected chi connectivity index (χ0v) is 16.3. The van der Waals surface area contributed by atoms with Crippen molar-refractivity contribution < 1.29 is 24.2 Å². The van der Waals surface area contributed by atoms with Gasteiger partial charge in [0.05, 0.1) is 23.0 Å². The van der Waals surface area contributed by atoms with Crippen molar-refractivity contribution in [1.82, 2.24) is 4.90 Å². The summed E-state index contributed by atoms with van der Waals surface area (Å²) in [6.07, 6.45) is 1.60. The Morgan fingerprint density at radius 1 is 1.21 bits per heavy atom. The number of hydrogen-bond acceptors (Lipinski definition) is 7. The molecule has 0 spiro atoms. The van der Waals surface area contributed by atoms with Gasteiger partial charge >= 0.3 is 5.97 Å². The van der Waals surface area contributed by atoms with Crippen molar-refractivity contribution >= 4 is 52.2 Å². The molecule has 0 radical (unpaired) electrons. The predicted molar refractivity (Wildman–Crippen MR) is 107 cm³/mol. The van der Waals surface area contributed by atoms with Gasteiger partial charge in [0.2, 0.25) is 0 Å². The van der Waals surface area contributed by atoms with Crippen LogP contribution in [0.4, 0.5) is 0 Å². The van der Waals surface area contributed by atoms with Crippen LogP contribution in [0.1, 0.15) is 21.5 Å². The summed E-state index contributed by atoms with van der Waals surface area (Å²) in [5.74, 6) is -1.95. The number of carbonyl (C=O) groups excluding carboxylic acids is 3. The molecule has 0 aromatic heterocycles. The summed E-state index contributed by atoms with van der Waals surface area (Å²) in [5, 5.41) is 10.7. The predicted octanol–water partition coefficient (Wildman–Crippen LogP) is 2.17. The molecular formula is C20H14NO5S2-. The first-order chi connectivity index (χ1) is 13.3. The number of esters is 1. The number of aryl methyl sites for hydroxylation is 1. The second-order valence-corrected chi connectivity index (χ2v) is 7.64. The van der Waals surface area contributed by atoms with Crippen molar-refractivity contribution in [3.8, 4) is 5.75 Å². The standard InChI is InChI=1S/C20H15NO5S2/c1-12-3-2-4-14(9-12)19(25)26-15-7-5-13(6-8-15)10-16-18(24)21(11-17(22)23)20(27)28-16/h2-10H,11H2,1H3,(H,22,23)/p-1/b16-10-. The number of carbonyl (C=O) groups is 3. The van der Waals surface area contributed by atoms with Gasteiger partial charge in [0.25, 0.3) is 5.91 Å². The van der Waals surface area contributed by atoms with Gasteiger partial charge in [-0.05, 0) is 42.8 Å². The summed E-state index contributed by atoms with van der Waals surface area (Å²) in [6, 6.07) is 13.7. The summed E-state index contributed by atoms with van der Waals surface area (Å²) >= 11 is 6.06. The van der Waals surface area contributed by atoms with E-state index in [1.807, 2.05) is 13.0 Å². The Balaban J connectivity index is 1.70. The molecule has 0 N–H and O–H groups in total. The van der Waals surface area contributed by atoms with Crippen LogP contribution < -0.4 is 9.84 Å². The third kappa shape index (κ3) is 4.65. The van der Waals surface area contributed by atoms with Crippen molar-refractivity contribution in [2.24, 2.45) is 0 Å². The molecule has 0 saturated carbocycles. The molecule has 1 aliphatic rings. The van der Waals surface area contributed by atoms with E-state index < -0.39 is 24.4 Å². The van der Waals surface area contributed by atoms with Crippen LogP contribution in [0, 0.1) is 6.92 Å². The van der Waals surface area contributed by atoms with E-state index in [-0.39, 0.29) is 4.32 Å². The molecule has 1 saturated heterocycles. The van der Waals surface area contributed by atoms with Gasteiger partial charge in [0.15, 0.2) is 0 Å². The van der Waals surface area contributed by atoms with Crippen molar-refractivity contribution in [2.45, 2.75) is 6.92 Å². The highest BCUT2D eigenvalue weighted by Gasteiger charge is 2.31. The summed E-state index contributed by atoms with van der Waals surface area (Å²) in [4.78, 5) is 36.4. The van der Waals surface area contributed by atoms with Gasteiger partial charge in [-0.2, -0.15) is 0 Å². The van der Waals surface area contributed by atoms with Crippen LogP contribution in [0.25, 0.3) is 6.08 Å². The first-order valence-electron chi connectivity index (χ1n) is 8.17. The van der Waals surface area contributed by atoms with Crippen molar-refractivity contribution in [2.75, 3.05) is 6.54 Å². The number of thiocarbonyl (C=S) groups is 1. The number of nitrogens with zero attached hydrogens (tertiary/aromatic N) is 1. The lowest BCUT2D eigenvalue weighted by molar-refractivity contribution is -0.305. The molecule has 0 unspecified atom stereocenters. The van der Waals surface area contributed by atoms with E-state index in [0.717, 1.165) is 22.2 Å². The van der Waals surface area contributed by atoms with E-state index in [2.05, 4.69) is 0 Å². The number of ether oxygens (including phenoxy) is 1. The Hall–Kier alpha value is -2.97. The molecular weight excluding hydrogens is 398 g/mol. The third-order valence-electron chi connectivity index (χ3n) is 3.80. The first-order valence-corrected chi connectivity index (χ1v) is 9.40. The molecule has 1 amide bonds. The van der Waals surface area contributed by atoms with E-state index in [4.69, 9.17) is 17.0 Å². The number of amides is 1. The van der Waals surface area contributed by atoms with Crippen molar-refractivity contribution in [3.05, 3.63) is 70.1 Å². The van der Waals surface area contributed by atoms with Crippen LogP contribution >= 0.6 is 24.0 Å². The maximum atomic E-state index is 12.2. The summed E-state index contributed by atoms with van der Waals surface area (Å²) in [7, 11) is 0. The number of hydrogen-bond donors (Lipinski definition) is 0. The molecule has 0 aliphatic carbocycles. The number of benzene rings is 2. The molecule has 28 heavy (non-hydrogen) atoms.